The van der Waals surface area contributed by atoms with Crippen molar-refractivity contribution in [2.75, 3.05) is 6.61 Å². The van der Waals surface area contributed by atoms with Gasteiger partial charge in [-0.25, -0.2) is 0 Å². The Kier molecular flexibility index (Phi) is 5.49. The van der Waals surface area contributed by atoms with Crippen molar-refractivity contribution in [3.63, 3.8) is 0 Å². The summed E-state index contributed by atoms with van der Waals surface area (Å²) in [4.78, 5) is 0. The lowest BCUT2D eigenvalue weighted by molar-refractivity contribution is 0.0856. The standard InChI is InChI=1S/C15H22ClNO2/c16-14-8-12(9-17)5-6-15(14)19-10-13(18)7-11-3-1-2-4-11/h5-6,8,11,13,18H,1-4,7,9-10,17H2. The number of halogens is 1. The molecule has 0 bridgehead atoms. The van der Waals surface area contributed by atoms with Gasteiger partial charge in [0.2, 0.25) is 0 Å². The second-order valence-corrected chi connectivity index (χ2v) is 5.73. The molecule has 0 spiro atoms. The summed E-state index contributed by atoms with van der Waals surface area (Å²) in [7, 11) is 0. The molecule has 1 aliphatic carbocycles. The summed E-state index contributed by atoms with van der Waals surface area (Å²) in [5, 5.41) is 10.5. The summed E-state index contributed by atoms with van der Waals surface area (Å²) >= 11 is 6.10. The van der Waals surface area contributed by atoms with Crippen LogP contribution in [0.3, 0.4) is 0 Å². The van der Waals surface area contributed by atoms with E-state index in [1.165, 1.54) is 25.7 Å². The molecule has 1 aromatic rings. The van der Waals surface area contributed by atoms with Crippen LogP contribution in [0.4, 0.5) is 0 Å². The molecule has 1 aliphatic rings. The number of hydrogen-bond donors (Lipinski definition) is 2. The highest BCUT2D eigenvalue weighted by atomic mass is 35.5. The molecule has 3 N–H and O–H groups in total. The summed E-state index contributed by atoms with van der Waals surface area (Å²) in [5.41, 5.74) is 6.52. The number of benzene rings is 1. The van der Waals surface area contributed by atoms with Gasteiger partial charge in [-0.2, -0.15) is 0 Å². The van der Waals surface area contributed by atoms with Gasteiger partial charge in [-0.3, -0.25) is 0 Å². The van der Waals surface area contributed by atoms with Crippen LogP contribution in [0, 0.1) is 5.92 Å². The molecule has 2 rings (SSSR count). The maximum Gasteiger partial charge on any atom is 0.138 e. The predicted octanol–water partition coefficient (Wildman–Crippen LogP) is 3.12. The summed E-state index contributed by atoms with van der Waals surface area (Å²) in [6.45, 7) is 0.766. The molecule has 1 saturated carbocycles. The van der Waals surface area contributed by atoms with Gasteiger partial charge < -0.3 is 15.6 Å². The van der Waals surface area contributed by atoms with Crippen molar-refractivity contribution in [3.05, 3.63) is 28.8 Å². The first-order chi connectivity index (χ1) is 9.19. The minimum absolute atomic E-state index is 0.304. The molecule has 1 aromatic carbocycles. The lowest BCUT2D eigenvalue weighted by Gasteiger charge is -2.16. The van der Waals surface area contributed by atoms with Gasteiger partial charge in [0.1, 0.15) is 12.4 Å². The average Bonchev–Trinajstić information content (AvgIpc) is 2.90. The molecule has 0 aliphatic heterocycles. The van der Waals surface area contributed by atoms with Crippen LogP contribution in [0.15, 0.2) is 18.2 Å². The van der Waals surface area contributed by atoms with Crippen LogP contribution in [0.5, 0.6) is 5.75 Å². The third kappa shape index (κ3) is 4.37. The summed E-state index contributed by atoms with van der Waals surface area (Å²) < 4.78 is 5.59. The van der Waals surface area contributed by atoms with Gasteiger partial charge in [0.05, 0.1) is 11.1 Å². The van der Waals surface area contributed by atoms with E-state index in [0.29, 0.717) is 29.8 Å². The van der Waals surface area contributed by atoms with E-state index in [9.17, 15) is 5.11 Å². The molecule has 1 atom stereocenters. The normalized spacial score (nSPS) is 17.6. The molecule has 0 radical (unpaired) electrons. The maximum atomic E-state index is 9.97. The molecular formula is C15H22ClNO2. The Morgan fingerprint density at radius 1 is 1.37 bits per heavy atom. The van der Waals surface area contributed by atoms with Crippen molar-refractivity contribution in [1.29, 1.82) is 0 Å². The Labute approximate surface area is 119 Å². The minimum atomic E-state index is -0.409. The topological polar surface area (TPSA) is 55.5 Å². The number of rotatable bonds is 6. The molecule has 19 heavy (non-hydrogen) atoms. The van der Waals surface area contributed by atoms with Gasteiger partial charge in [-0.15, -0.1) is 0 Å². The highest BCUT2D eigenvalue weighted by Crippen LogP contribution is 2.29. The van der Waals surface area contributed by atoms with Gasteiger partial charge >= 0.3 is 0 Å². The monoisotopic (exact) mass is 283 g/mol. The molecule has 0 heterocycles. The van der Waals surface area contributed by atoms with Crippen LogP contribution in [0.25, 0.3) is 0 Å². The van der Waals surface area contributed by atoms with Crippen molar-refractivity contribution in [1.82, 2.24) is 0 Å². The first-order valence-electron chi connectivity index (χ1n) is 6.98. The van der Waals surface area contributed by atoms with Gasteiger partial charge in [0.15, 0.2) is 0 Å². The van der Waals surface area contributed by atoms with Crippen molar-refractivity contribution < 1.29 is 9.84 Å². The van der Waals surface area contributed by atoms with Crippen LogP contribution >= 0.6 is 11.6 Å². The third-order valence-electron chi connectivity index (χ3n) is 3.74. The minimum Gasteiger partial charge on any atom is -0.489 e. The number of ether oxygens (including phenoxy) is 1. The lowest BCUT2D eigenvalue weighted by atomic mass is 10.0. The Hall–Kier alpha value is -0.770. The van der Waals surface area contributed by atoms with E-state index in [4.69, 9.17) is 22.1 Å². The second-order valence-electron chi connectivity index (χ2n) is 5.32. The van der Waals surface area contributed by atoms with E-state index in [1.54, 1.807) is 6.07 Å². The van der Waals surface area contributed by atoms with E-state index < -0.39 is 6.10 Å². The summed E-state index contributed by atoms with van der Waals surface area (Å²) in [6.07, 6.45) is 5.49. The van der Waals surface area contributed by atoms with Gasteiger partial charge in [0.25, 0.3) is 0 Å². The Bertz CT molecular complexity index is 405. The predicted molar refractivity (Wildman–Crippen MR) is 77.4 cm³/mol. The molecule has 3 nitrogen and oxygen atoms in total. The zero-order valence-corrected chi connectivity index (χ0v) is 11.9. The first kappa shape index (κ1) is 14.6. The largest absolute Gasteiger partial charge is 0.489 e. The van der Waals surface area contributed by atoms with Crippen LogP contribution in [0.2, 0.25) is 5.02 Å². The molecule has 0 amide bonds. The van der Waals surface area contributed by atoms with E-state index in [1.807, 2.05) is 12.1 Å². The molecule has 0 aromatic heterocycles. The quantitative estimate of drug-likeness (QED) is 0.843. The van der Waals surface area contributed by atoms with Crippen LogP contribution in [0.1, 0.15) is 37.7 Å². The first-order valence-corrected chi connectivity index (χ1v) is 7.36. The molecule has 106 valence electrons. The fraction of sp³-hybridized carbons (Fsp3) is 0.600. The fourth-order valence-corrected chi connectivity index (χ4v) is 2.93. The molecule has 0 saturated heterocycles. The van der Waals surface area contributed by atoms with Crippen molar-refractivity contribution in [2.24, 2.45) is 11.7 Å². The lowest BCUT2D eigenvalue weighted by Crippen LogP contribution is -2.20. The Balaban J connectivity index is 1.80. The summed E-state index contributed by atoms with van der Waals surface area (Å²) in [6, 6.07) is 5.51. The van der Waals surface area contributed by atoms with Crippen molar-refractivity contribution in [2.45, 2.75) is 44.8 Å². The van der Waals surface area contributed by atoms with E-state index in [0.717, 1.165) is 12.0 Å². The second kappa shape index (κ2) is 7.13. The Morgan fingerprint density at radius 3 is 2.74 bits per heavy atom. The van der Waals surface area contributed by atoms with Crippen molar-refractivity contribution >= 4 is 11.6 Å². The molecular weight excluding hydrogens is 262 g/mol. The van der Waals surface area contributed by atoms with Gasteiger partial charge in [0, 0.05) is 6.54 Å². The van der Waals surface area contributed by atoms with Crippen LogP contribution in [-0.2, 0) is 6.54 Å². The van der Waals surface area contributed by atoms with E-state index in [-0.39, 0.29) is 0 Å². The zero-order valence-electron chi connectivity index (χ0n) is 11.1. The van der Waals surface area contributed by atoms with Crippen LogP contribution in [-0.4, -0.2) is 17.8 Å². The van der Waals surface area contributed by atoms with E-state index >= 15 is 0 Å². The van der Waals surface area contributed by atoms with Gasteiger partial charge in [-0.1, -0.05) is 43.4 Å². The Morgan fingerprint density at radius 2 is 2.11 bits per heavy atom. The summed E-state index contributed by atoms with van der Waals surface area (Å²) in [5.74, 6) is 1.28. The number of aliphatic hydroxyl groups is 1. The highest BCUT2D eigenvalue weighted by Gasteiger charge is 2.19. The molecule has 4 heteroatoms. The third-order valence-corrected chi connectivity index (χ3v) is 4.04. The number of aliphatic hydroxyl groups excluding tert-OH is 1. The number of hydrogen-bond acceptors (Lipinski definition) is 3. The van der Waals surface area contributed by atoms with Crippen LogP contribution < -0.4 is 10.5 Å². The number of nitrogens with two attached hydrogens (primary N) is 1. The zero-order chi connectivity index (χ0) is 13.7. The van der Waals surface area contributed by atoms with Gasteiger partial charge in [-0.05, 0) is 30.0 Å². The van der Waals surface area contributed by atoms with E-state index in [2.05, 4.69) is 0 Å². The van der Waals surface area contributed by atoms with Crippen molar-refractivity contribution in [3.8, 4) is 5.75 Å². The molecule has 1 fully saturated rings. The SMILES string of the molecule is NCc1ccc(OCC(O)CC2CCCC2)c(Cl)c1. The average molecular weight is 284 g/mol. The fourth-order valence-electron chi connectivity index (χ4n) is 2.67. The molecule has 1 unspecified atom stereocenters. The maximum absolute atomic E-state index is 9.97. The highest BCUT2D eigenvalue weighted by molar-refractivity contribution is 6.32. The smallest absolute Gasteiger partial charge is 0.138 e.